The molecule has 1 saturated carbocycles. The molecule has 104 valence electrons. The molecule has 0 bridgehead atoms. The number of amides is 2. The van der Waals surface area contributed by atoms with Gasteiger partial charge >= 0.3 is 5.97 Å². The first-order valence-electron chi connectivity index (χ1n) is 6.16. The number of carbonyl (C=O) groups excluding carboxylic acids is 3. The summed E-state index contributed by atoms with van der Waals surface area (Å²) < 4.78 is 18.9. The fraction of sp³-hybridized carbons (Fsp3) is 0.357. The molecule has 5 nitrogen and oxygen atoms in total. The number of halogens is 1. The number of nitrogens with zero attached hydrogens (tertiary/aromatic N) is 1. The van der Waals surface area contributed by atoms with Crippen molar-refractivity contribution >= 4 is 23.5 Å². The van der Waals surface area contributed by atoms with Gasteiger partial charge in [-0.3, -0.25) is 9.59 Å². The van der Waals surface area contributed by atoms with Crippen LogP contribution in [-0.4, -0.2) is 30.6 Å². The molecule has 0 N–H and O–H groups in total. The molecule has 3 rings (SSSR count). The van der Waals surface area contributed by atoms with Gasteiger partial charge in [-0.2, -0.15) is 0 Å². The first-order valence-corrected chi connectivity index (χ1v) is 6.16. The first-order chi connectivity index (χ1) is 9.46. The topological polar surface area (TPSA) is 63.7 Å². The molecule has 2 fully saturated rings. The summed E-state index contributed by atoms with van der Waals surface area (Å²) >= 11 is 0. The molecular formula is C14H12FNO4. The Kier molecular flexibility index (Phi) is 2.48. The number of imide groups is 1. The van der Waals surface area contributed by atoms with Crippen LogP contribution < -0.4 is 4.90 Å². The van der Waals surface area contributed by atoms with Crippen molar-refractivity contribution in [1.29, 1.82) is 0 Å². The van der Waals surface area contributed by atoms with Crippen molar-refractivity contribution in [2.75, 3.05) is 12.0 Å². The van der Waals surface area contributed by atoms with Crippen molar-refractivity contribution < 1.29 is 23.5 Å². The third kappa shape index (κ3) is 1.39. The number of alkyl halides is 1. The Balaban J connectivity index is 1.96. The molecule has 1 aliphatic heterocycles. The van der Waals surface area contributed by atoms with Crippen LogP contribution in [-0.2, 0) is 19.1 Å². The summed E-state index contributed by atoms with van der Waals surface area (Å²) in [6, 6.07) is 8.29. The highest BCUT2D eigenvalue weighted by atomic mass is 19.1. The maximum atomic E-state index is 14.5. The van der Waals surface area contributed by atoms with Crippen LogP contribution in [0, 0.1) is 5.41 Å². The van der Waals surface area contributed by atoms with E-state index in [0.29, 0.717) is 5.69 Å². The number of benzene rings is 1. The summed E-state index contributed by atoms with van der Waals surface area (Å²) in [5, 5.41) is 0. The maximum absolute atomic E-state index is 14.5. The van der Waals surface area contributed by atoms with Crippen LogP contribution in [0.5, 0.6) is 0 Å². The van der Waals surface area contributed by atoms with Crippen molar-refractivity contribution in [2.24, 2.45) is 5.41 Å². The number of esters is 1. The van der Waals surface area contributed by atoms with Gasteiger partial charge in [-0.25, -0.2) is 14.1 Å². The Morgan fingerprint density at radius 3 is 2.55 bits per heavy atom. The summed E-state index contributed by atoms with van der Waals surface area (Å²) in [5.41, 5.74) is -3.57. The van der Waals surface area contributed by atoms with E-state index in [0.717, 1.165) is 12.0 Å². The highest BCUT2D eigenvalue weighted by Gasteiger charge is 2.82. The molecule has 20 heavy (non-hydrogen) atoms. The number of anilines is 1. The summed E-state index contributed by atoms with van der Waals surface area (Å²) in [5.74, 6) is -2.25. The van der Waals surface area contributed by atoms with Gasteiger partial charge in [0.05, 0.1) is 12.8 Å². The van der Waals surface area contributed by atoms with E-state index in [1.165, 1.54) is 0 Å². The minimum Gasteiger partial charge on any atom is -0.467 e. The minimum absolute atomic E-state index is 0.291. The molecule has 0 aromatic heterocycles. The Morgan fingerprint density at radius 2 is 1.95 bits per heavy atom. The van der Waals surface area contributed by atoms with Gasteiger partial charge < -0.3 is 4.74 Å². The average Bonchev–Trinajstić information content (AvgIpc) is 2.97. The lowest BCUT2D eigenvalue weighted by molar-refractivity contribution is -0.151. The maximum Gasteiger partial charge on any atom is 0.344 e. The summed E-state index contributed by atoms with van der Waals surface area (Å²) in [6.45, 7) is 0. The molecule has 1 saturated heterocycles. The second-order valence-electron chi connectivity index (χ2n) is 5.10. The lowest BCUT2D eigenvalue weighted by Gasteiger charge is -2.15. The molecule has 6 heteroatoms. The highest BCUT2D eigenvalue weighted by Crippen LogP contribution is 2.65. The number of hydrogen-bond acceptors (Lipinski definition) is 4. The van der Waals surface area contributed by atoms with Crippen molar-refractivity contribution in [3.05, 3.63) is 30.3 Å². The van der Waals surface area contributed by atoms with E-state index in [2.05, 4.69) is 4.74 Å². The zero-order valence-corrected chi connectivity index (χ0v) is 10.8. The predicted molar refractivity (Wildman–Crippen MR) is 66.5 cm³/mol. The smallest absolute Gasteiger partial charge is 0.344 e. The number of hydrogen-bond donors (Lipinski definition) is 0. The number of methoxy groups -OCH3 is 1. The standard InChI is InChI=1S/C14H12FNO4/c1-20-12(19)14(15)8-13(14)7-10(17)16(11(13)18)9-5-3-2-4-6-9/h2-6H,7-8H2,1H3. The molecule has 1 aromatic rings. The normalized spacial score (nSPS) is 31.8. The molecule has 1 aromatic carbocycles. The van der Waals surface area contributed by atoms with Gasteiger partial charge in [-0.15, -0.1) is 0 Å². The summed E-state index contributed by atoms with van der Waals surface area (Å²) in [6.07, 6.45) is -0.590. The quantitative estimate of drug-likeness (QED) is 0.602. The van der Waals surface area contributed by atoms with Gasteiger partial charge in [0.25, 0.3) is 0 Å². The lowest BCUT2D eigenvalue weighted by atomic mass is 10.0. The number of para-hydroxylation sites is 1. The number of carbonyl (C=O) groups is 3. The van der Waals surface area contributed by atoms with E-state index >= 15 is 0 Å². The van der Waals surface area contributed by atoms with Crippen molar-refractivity contribution in [2.45, 2.75) is 18.5 Å². The SMILES string of the molecule is COC(=O)C1(F)CC12CC(=O)N(c1ccccc1)C2=O. The number of rotatable bonds is 2. The summed E-state index contributed by atoms with van der Waals surface area (Å²) in [4.78, 5) is 36.8. The zero-order chi connectivity index (χ0) is 14.5. The van der Waals surface area contributed by atoms with Crippen LogP contribution in [0.1, 0.15) is 12.8 Å². The largest absolute Gasteiger partial charge is 0.467 e. The van der Waals surface area contributed by atoms with Crippen LogP contribution in [0.2, 0.25) is 0 Å². The van der Waals surface area contributed by atoms with E-state index in [1.54, 1.807) is 30.3 Å². The van der Waals surface area contributed by atoms with Gasteiger partial charge in [-0.1, -0.05) is 18.2 Å². The third-order valence-corrected chi connectivity index (χ3v) is 4.02. The molecule has 1 heterocycles. The average molecular weight is 277 g/mol. The van der Waals surface area contributed by atoms with Gasteiger partial charge in [0.15, 0.2) is 0 Å². The van der Waals surface area contributed by atoms with Crippen molar-refractivity contribution in [3.8, 4) is 0 Å². The lowest BCUT2D eigenvalue weighted by Crippen LogP contribution is -2.35. The summed E-state index contributed by atoms with van der Waals surface area (Å²) in [7, 11) is 1.06. The Labute approximate surface area is 114 Å². The molecule has 0 radical (unpaired) electrons. The van der Waals surface area contributed by atoms with Gasteiger partial charge in [0.2, 0.25) is 17.5 Å². The minimum atomic E-state index is -2.38. The molecule has 1 aliphatic carbocycles. The van der Waals surface area contributed by atoms with Gasteiger partial charge in [-0.05, 0) is 12.1 Å². The van der Waals surface area contributed by atoms with E-state index < -0.39 is 28.9 Å². The second kappa shape index (κ2) is 3.88. The van der Waals surface area contributed by atoms with Gasteiger partial charge in [0, 0.05) is 12.8 Å². The third-order valence-electron chi connectivity index (χ3n) is 4.02. The van der Waals surface area contributed by atoms with Crippen molar-refractivity contribution in [1.82, 2.24) is 0 Å². The molecule has 2 unspecified atom stereocenters. The Hall–Kier alpha value is -2.24. The fourth-order valence-electron chi connectivity index (χ4n) is 2.83. The van der Waals surface area contributed by atoms with E-state index in [9.17, 15) is 18.8 Å². The van der Waals surface area contributed by atoms with Crippen LogP contribution in [0.4, 0.5) is 10.1 Å². The van der Waals surface area contributed by atoms with Crippen LogP contribution >= 0.6 is 0 Å². The first kappa shape index (κ1) is 12.8. The molecule has 2 atom stereocenters. The monoisotopic (exact) mass is 277 g/mol. The van der Waals surface area contributed by atoms with Crippen LogP contribution in [0.15, 0.2) is 30.3 Å². The van der Waals surface area contributed by atoms with E-state index in [-0.39, 0.29) is 12.8 Å². The van der Waals surface area contributed by atoms with Crippen LogP contribution in [0.25, 0.3) is 0 Å². The van der Waals surface area contributed by atoms with E-state index in [4.69, 9.17) is 0 Å². The molecule has 1 spiro atoms. The zero-order valence-electron chi connectivity index (χ0n) is 10.8. The molecular weight excluding hydrogens is 265 g/mol. The van der Waals surface area contributed by atoms with Crippen LogP contribution in [0.3, 0.4) is 0 Å². The Bertz CT molecular complexity index is 617. The Morgan fingerprint density at radius 1 is 1.30 bits per heavy atom. The highest BCUT2D eigenvalue weighted by molar-refractivity contribution is 6.26. The molecule has 2 amide bonds. The van der Waals surface area contributed by atoms with Crippen molar-refractivity contribution in [3.63, 3.8) is 0 Å². The molecule has 2 aliphatic rings. The van der Waals surface area contributed by atoms with E-state index in [1.807, 2.05) is 0 Å². The predicted octanol–water partition coefficient (Wildman–Crippen LogP) is 1.22. The second-order valence-corrected chi connectivity index (χ2v) is 5.10. The fourth-order valence-corrected chi connectivity index (χ4v) is 2.83. The number of ether oxygens (including phenoxy) is 1. The van der Waals surface area contributed by atoms with Gasteiger partial charge in [0.1, 0.15) is 5.41 Å².